The minimum atomic E-state index is 0.0441. The van der Waals surface area contributed by atoms with Gasteiger partial charge in [0.15, 0.2) is 5.16 Å². The second-order valence-electron chi connectivity index (χ2n) is 6.01. The van der Waals surface area contributed by atoms with Gasteiger partial charge in [-0.25, -0.2) is 0 Å². The van der Waals surface area contributed by atoms with Crippen molar-refractivity contribution in [3.05, 3.63) is 34.6 Å². The molecule has 6 heteroatoms. The number of rotatable bonds is 4. The van der Waals surface area contributed by atoms with E-state index in [1.54, 1.807) is 11.8 Å². The van der Waals surface area contributed by atoms with Crippen molar-refractivity contribution in [1.82, 2.24) is 20.1 Å². The van der Waals surface area contributed by atoms with Gasteiger partial charge in [-0.3, -0.25) is 0 Å². The molecule has 0 radical (unpaired) electrons. The zero-order valence-corrected chi connectivity index (χ0v) is 14.6. The molecule has 0 fully saturated rings. The third-order valence-electron chi connectivity index (χ3n) is 3.13. The molecule has 4 nitrogen and oxygen atoms in total. The van der Waals surface area contributed by atoms with Gasteiger partial charge >= 0.3 is 0 Å². The number of nitrogens with one attached hydrogen (secondary N) is 1. The summed E-state index contributed by atoms with van der Waals surface area (Å²) in [6.45, 7) is 9.09. The Kier molecular flexibility index (Phi) is 4.96. The van der Waals surface area contributed by atoms with E-state index in [2.05, 4.69) is 42.4 Å². The van der Waals surface area contributed by atoms with E-state index in [4.69, 9.17) is 11.6 Å². The molecule has 21 heavy (non-hydrogen) atoms. The summed E-state index contributed by atoms with van der Waals surface area (Å²) in [7, 11) is 1.97. The highest BCUT2D eigenvalue weighted by Gasteiger charge is 2.15. The molecular weight excluding hydrogens is 304 g/mol. The monoisotopic (exact) mass is 324 g/mol. The second-order valence-corrected chi connectivity index (χ2v) is 7.43. The fourth-order valence-electron chi connectivity index (χ4n) is 1.73. The van der Waals surface area contributed by atoms with Gasteiger partial charge in [0.05, 0.1) is 0 Å². The number of aromatic nitrogens is 3. The molecule has 1 heterocycles. The van der Waals surface area contributed by atoms with Gasteiger partial charge in [-0.15, -0.1) is 10.2 Å². The van der Waals surface area contributed by atoms with Gasteiger partial charge in [-0.05, 0) is 57.2 Å². The average molecular weight is 325 g/mol. The van der Waals surface area contributed by atoms with Gasteiger partial charge in [0.2, 0.25) is 0 Å². The van der Waals surface area contributed by atoms with Gasteiger partial charge < -0.3 is 9.88 Å². The SMILES string of the molecule is Cc1nnc(Sc2cccc(Cl)c2CNC(C)(C)C)n1C. The fraction of sp³-hybridized carbons (Fsp3) is 0.467. The third-order valence-corrected chi connectivity index (χ3v) is 4.62. The lowest BCUT2D eigenvalue weighted by Crippen LogP contribution is -2.35. The number of benzene rings is 1. The van der Waals surface area contributed by atoms with E-state index in [1.807, 2.05) is 30.7 Å². The molecule has 1 N–H and O–H groups in total. The van der Waals surface area contributed by atoms with Crippen LogP contribution in [0.3, 0.4) is 0 Å². The molecule has 2 rings (SSSR count). The maximum Gasteiger partial charge on any atom is 0.195 e. The lowest BCUT2D eigenvalue weighted by molar-refractivity contribution is 0.422. The molecule has 0 atom stereocenters. The molecule has 1 aromatic heterocycles. The maximum atomic E-state index is 6.37. The van der Waals surface area contributed by atoms with Crippen molar-refractivity contribution in [1.29, 1.82) is 0 Å². The molecule has 114 valence electrons. The zero-order valence-electron chi connectivity index (χ0n) is 13.1. The smallest absolute Gasteiger partial charge is 0.195 e. The highest BCUT2D eigenvalue weighted by Crippen LogP contribution is 2.33. The number of hydrogen-bond donors (Lipinski definition) is 1. The molecule has 0 spiro atoms. The van der Waals surface area contributed by atoms with Crippen LogP contribution in [0.4, 0.5) is 0 Å². The lowest BCUT2D eigenvalue weighted by atomic mass is 10.1. The molecule has 0 saturated carbocycles. The van der Waals surface area contributed by atoms with Crippen LogP contribution >= 0.6 is 23.4 Å². The number of halogens is 1. The maximum absolute atomic E-state index is 6.37. The Morgan fingerprint density at radius 1 is 1.29 bits per heavy atom. The van der Waals surface area contributed by atoms with Crippen LogP contribution in [0.1, 0.15) is 32.2 Å². The zero-order chi connectivity index (χ0) is 15.6. The Bertz CT molecular complexity index is 631. The summed E-state index contributed by atoms with van der Waals surface area (Å²) >= 11 is 7.96. The molecule has 1 aromatic carbocycles. The van der Waals surface area contributed by atoms with Gasteiger partial charge in [-0.1, -0.05) is 17.7 Å². The Balaban J connectivity index is 2.27. The van der Waals surface area contributed by atoms with Crippen LogP contribution in [0.15, 0.2) is 28.3 Å². The minimum absolute atomic E-state index is 0.0441. The van der Waals surface area contributed by atoms with Crippen LogP contribution in [0.2, 0.25) is 5.02 Å². The van der Waals surface area contributed by atoms with E-state index in [-0.39, 0.29) is 5.54 Å². The first kappa shape index (κ1) is 16.3. The highest BCUT2D eigenvalue weighted by atomic mass is 35.5. The number of aryl methyl sites for hydroxylation is 1. The molecule has 0 unspecified atom stereocenters. The van der Waals surface area contributed by atoms with Crippen LogP contribution < -0.4 is 5.32 Å². The van der Waals surface area contributed by atoms with Crippen LogP contribution in [-0.4, -0.2) is 20.3 Å². The van der Waals surface area contributed by atoms with Crippen LogP contribution in [0, 0.1) is 6.92 Å². The molecule has 2 aromatic rings. The summed E-state index contributed by atoms with van der Waals surface area (Å²) in [6.07, 6.45) is 0. The van der Waals surface area contributed by atoms with Crippen LogP contribution in [-0.2, 0) is 13.6 Å². The molecule has 0 saturated heterocycles. The molecule has 0 amide bonds. The van der Waals surface area contributed by atoms with Crippen LogP contribution in [0.25, 0.3) is 0 Å². The van der Waals surface area contributed by atoms with Gasteiger partial charge in [0.1, 0.15) is 5.82 Å². The third kappa shape index (κ3) is 4.22. The Hall–Kier alpha value is -1.04. The van der Waals surface area contributed by atoms with Gasteiger partial charge in [0.25, 0.3) is 0 Å². The molecule has 0 aliphatic heterocycles. The van der Waals surface area contributed by atoms with E-state index >= 15 is 0 Å². The minimum Gasteiger partial charge on any atom is -0.309 e. The quantitative estimate of drug-likeness (QED) is 0.928. The lowest BCUT2D eigenvalue weighted by Gasteiger charge is -2.22. The molecule has 0 aliphatic rings. The Morgan fingerprint density at radius 3 is 2.57 bits per heavy atom. The van der Waals surface area contributed by atoms with E-state index in [0.29, 0.717) is 0 Å². The van der Waals surface area contributed by atoms with Crippen molar-refractivity contribution >= 4 is 23.4 Å². The largest absolute Gasteiger partial charge is 0.309 e. The van der Waals surface area contributed by atoms with E-state index in [9.17, 15) is 0 Å². The van der Waals surface area contributed by atoms with E-state index < -0.39 is 0 Å². The standard InChI is InChI=1S/C15H21ClN4S/c1-10-18-19-14(20(10)5)21-13-8-6-7-12(16)11(13)9-17-15(2,3)4/h6-8,17H,9H2,1-5H3. The summed E-state index contributed by atoms with van der Waals surface area (Å²) in [5, 5.41) is 13.4. The molecular formula is C15H21ClN4S. The Labute approximate surface area is 135 Å². The summed E-state index contributed by atoms with van der Waals surface area (Å²) in [5.74, 6) is 0.897. The highest BCUT2D eigenvalue weighted by molar-refractivity contribution is 7.99. The number of hydrogen-bond acceptors (Lipinski definition) is 4. The summed E-state index contributed by atoms with van der Waals surface area (Å²) in [6, 6.07) is 5.96. The summed E-state index contributed by atoms with van der Waals surface area (Å²) in [4.78, 5) is 1.11. The van der Waals surface area contributed by atoms with Gasteiger partial charge in [0, 0.05) is 29.0 Å². The first-order valence-electron chi connectivity index (χ1n) is 6.84. The number of nitrogens with zero attached hydrogens (tertiary/aromatic N) is 3. The van der Waals surface area contributed by atoms with Crippen LogP contribution in [0.5, 0.6) is 0 Å². The van der Waals surface area contributed by atoms with Gasteiger partial charge in [-0.2, -0.15) is 0 Å². The Morgan fingerprint density at radius 2 is 2.00 bits per heavy atom. The van der Waals surface area contributed by atoms with Crippen molar-refractivity contribution in [3.8, 4) is 0 Å². The summed E-state index contributed by atoms with van der Waals surface area (Å²) < 4.78 is 1.98. The average Bonchev–Trinajstić information content (AvgIpc) is 2.69. The predicted molar refractivity (Wildman–Crippen MR) is 87.9 cm³/mol. The topological polar surface area (TPSA) is 42.7 Å². The molecule has 0 bridgehead atoms. The van der Waals surface area contributed by atoms with Crippen molar-refractivity contribution in [2.24, 2.45) is 7.05 Å². The first-order chi connectivity index (χ1) is 9.78. The van der Waals surface area contributed by atoms with Crippen molar-refractivity contribution in [2.45, 2.75) is 49.8 Å². The van der Waals surface area contributed by atoms with E-state index in [1.165, 1.54) is 0 Å². The predicted octanol–water partition coefficient (Wildman–Crippen LogP) is 3.82. The first-order valence-corrected chi connectivity index (χ1v) is 8.03. The fourth-order valence-corrected chi connectivity index (χ4v) is 3.03. The summed E-state index contributed by atoms with van der Waals surface area (Å²) in [5.41, 5.74) is 1.14. The van der Waals surface area contributed by atoms with Crippen molar-refractivity contribution < 1.29 is 0 Å². The van der Waals surface area contributed by atoms with Crippen molar-refractivity contribution in [2.75, 3.05) is 0 Å². The molecule has 0 aliphatic carbocycles. The second kappa shape index (κ2) is 6.38. The van der Waals surface area contributed by atoms with E-state index in [0.717, 1.165) is 33.0 Å². The normalized spacial score (nSPS) is 11.9. The van der Waals surface area contributed by atoms with Crippen molar-refractivity contribution in [3.63, 3.8) is 0 Å².